The Labute approximate surface area is 146 Å². The van der Waals surface area contributed by atoms with Gasteiger partial charge >= 0.3 is 0 Å². The number of hydrogen-bond acceptors (Lipinski definition) is 7. The van der Waals surface area contributed by atoms with E-state index in [-0.39, 0.29) is 16.8 Å². The average molecular weight is 363 g/mol. The van der Waals surface area contributed by atoms with E-state index in [9.17, 15) is 8.42 Å². The molecule has 0 aliphatic carbocycles. The molecule has 1 aromatic carbocycles. The molecule has 2 heterocycles. The highest BCUT2D eigenvalue weighted by Crippen LogP contribution is 2.25. The molecule has 1 saturated heterocycles. The van der Waals surface area contributed by atoms with Crippen LogP contribution in [0.25, 0.3) is 0 Å². The van der Waals surface area contributed by atoms with Crippen LogP contribution in [0.2, 0.25) is 0 Å². The van der Waals surface area contributed by atoms with Crippen molar-refractivity contribution in [3.63, 3.8) is 0 Å². The Morgan fingerprint density at radius 1 is 1.24 bits per heavy atom. The minimum Gasteiger partial charge on any atom is -0.381 e. The van der Waals surface area contributed by atoms with Crippen molar-refractivity contribution in [3.8, 4) is 0 Å². The zero-order chi connectivity index (χ0) is 17.9. The Morgan fingerprint density at radius 3 is 2.64 bits per heavy atom. The van der Waals surface area contributed by atoms with Gasteiger partial charge in [0.2, 0.25) is 16.0 Å². The number of hydrogen-bond donors (Lipinski definition) is 3. The van der Waals surface area contributed by atoms with Crippen LogP contribution in [-0.4, -0.2) is 38.1 Å². The van der Waals surface area contributed by atoms with Crippen molar-refractivity contribution in [1.82, 2.24) is 9.97 Å². The van der Waals surface area contributed by atoms with Crippen LogP contribution in [0.1, 0.15) is 23.6 Å². The predicted octanol–water partition coefficient (Wildman–Crippen LogP) is 0.865. The Balaban J connectivity index is 1.60. The third kappa shape index (κ3) is 4.65. The minimum absolute atomic E-state index is 0.108. The van der Waals surface area contributed by atoms with Gasteiger partial charge < -0.3 is 15.8 Å². The molecule has 0 saturated carbocycles. The number of nitrogens with one attached hydrogen (secondary N) is 1. The molecule has 3 rings (SSSR count). The Kier molecular flexibility index (Phi) is 5.16. The molecule has 8 nitrogen and oxygen atoms in total. The molecule has 1 aliphatic heterocycles. The number of nitrogens with two attached hydrogens (primary N) is 2. The molecule has 0 bridgehead atoms. The molecule has 1 aliphatic rings. The zero-order valence-corrected chi connectivity index (χ0v) is 14.5. The maximum Gasteiger partial charge on any atom is 0.238 e. The summed E-state index contributed by atoms with van der Waals surface area (Å²) in [5.41, 5.74) is 7.68. The Hall–Kier alpha value is -2.23. The standard InChI is InChI=1S/C16H21N5O3S/c17-16-20-14(12-6-8-24-10-12)9-15(21-16)19-7-5-11-1-3-13(4-2-11)25(18,22)23/h1-4,9,12H,5-8,10H2,(H2,18,22,23)(H3,17,19,20,21). The molecule has 2 aromatic rings. The third-order valence-electron chi connectivity index (χ3n) is 4.08. The number of nitrogen functional groups attached to an aromatic ring is 1. The molecule has 134 valence electrons. The highest BCUT2D eigenvalue weighted by atomic mass is 32.2. The quantitative estimate of drug-likeness (QED) is 0.693. The van der Waals surface area contributed by atoms with Gasteiger partial charge in [-0.3, -0.25) is 0 Å². The molecule has 1 atom stereocenters. The van der Waals surface area contributed by atoms with Gasteiger partial charge in [0.05, 0.1) is 17.2 Å². The third-order valence-corrected chi connectivity index (χ3v) is 5.01. The van der Waals surface area contributed by atoms with Crippen LogP contribution < -0.4 is 16.2 Å². The fourth-order valence-electron chi connectivity index (χ4n) is 2.73. The first-order valence-electron chi connectivity index (χ1n) is 7.99. The number of anilines is 2. The van der Waals surface area contributed by atoms with Gasteiger partial charge in [-0.25, -0.2) is 18.5 Å². The first-order chi connectivity index (χ1) is 11.9. The van der Waals surface area contributed by atoms with Gasteiger partial charge in [0.25, 0.3) is 0 Å². The maximum atomic E-state index is 11.2. The van der Waals surface area contributed by atoms with Crippen molar-refractivity contribution in [3.05, 3.63) is 41.6 Å². The highest BCUT2D eigenvalue weighted by Gasteiger charge is 2.20. The second kappa shape index (κ2) is 7.34. The van der Waals surface area contributed by atoms with Gasteiger partial charge in [-0.05, 0) is 30.5 Å². The monoisotopic (exact) mass is 363 g/mol. The first-order valence-corrected chi connectivity index (χ1v) is 9.54. The fraction of sp³-hybridized carbons (Fsp3) is 0.375. The van der Waals surface area contributed by atoms with Crippen molar-refractivity contribution in [1.29, 1.82) is 0 Å². The zero-order valence-electron chi connectivity index (χ0n) is 13.7. The summed E-state index contributed by atoms with van der Waals surface area (Å²) in [4.78, 5) is 8.60. The van der Waals surface area contributed by atoms with Crippen molar-refractivity contribution in [2.45, 2.75) is 23.7 Å². The number of sulfonamides is 1. The van der Waals surface area contributed by atoms with E-state index in [0.29, 0.717) is 25.4 Å². The van der Waals surface area contributed by atoms with Crippen LogP contribution in [0, 0.1) is 0 Å². The molecule has 0 radical (unpaired) electrons. The molecular formula is C16H21N5O3S. The average Bonchev–Trinajstić information content (AvgIpc) is 3.08. The largest absolute Gasteiger partial charge is 0.381 e. The molecule has 5 N–H and O–H groups in total. The lowest BCUT2D eigenvalue weighted by Gasteiger charge is -2.11. The van der Waals surface area contributed by atoms with E-state index in [1.807, 2.05) is 6.07 Å². The molecule has 0 spiro atoms. The molecule has 9 heteroatoms. The Morgan fingerprint density at radius 2 is 2.00 bits per heavy atom. The molecule has 25 heavy (non-hydrogen) atoms. The summed E-state index contributed by atoms with van der Waals surface area (Å²) in [5, 5.41) is 8.32. The summed E-state index contributed by atoms with van der Waals surface area (Å²) in [6, 6.07) is 8.41. The van der Waals surface area contributed by atoms with E-state index in [4.69, 9.17) is 15.6 Å². The number of primary sulfonamides is 1. The van der Waals surface area contributed by atoms with Crippen LogP contribution in [0.4, 0.5) is 11.8 Å². The maximum absolute atomic E-state index is 11.2. The molecule has 1 unspecified atom stereocenters. The van der Waals surface area contributed by atoms with Crippen molar-refractivity contribution in [2.75, 3.05) is 30.8 Å². The lowest BCUT2D eigenvalue weighted by molar-refractivity contribution is 0.193. The van der Waals surface area contributed by atoms with E-state index < -0.39 is 10.0 Å². The van der Waals surface area contributed by atoms with Gasteiger partial charge in [0.15, 0.2) is 0 Å². The summed E-state index contributed by atoms with van der Waals surface area (Å²) in [6.07, 6.45) is 1.64. The van der Waals surface area contributed by atoms with Gasteiger partial charge in [0, 0.05) is 25.1 Å². The number of rotatable bonds is 6. The van der Waals surface area contributed by atoms with Crippen molar-refractivity contribution < 1.29 is 13.2 Å². The summed E-state index contributed by atoms with van der Waals surface area (Å²) in [5.74, 6) is 1.18. The summed E-state index contributed by atoms with van der Waals surface area (Å²) >= 11 is 0. The van der Waals surface area contributed by atoms with E-state index in [1.54, 1.807) is 12.1 Å². The molecular weight excluding hydrogens is 342 g/mol. The van der Waals surface area contributed by atoms with E-state index in [2.05, 4.69) is 15.3 Å². The summed E-state index contributed by atoms with van der Waals surface area (Å²) in [7, 11) is -3.66. The molecule has 1 fully saturated rings. The number of ether oxygens (including phenoxy) is 1. The summed E-state index contributed by atoms with van der Waals surface area (Å²) in [6.45, 7) is 2.03. The van der Waals surface area contributed by atoms with Gasteiger partial charge in [0.1, 0.15) is 5.82 Å². The summed E-state index contributed by atoms with van der Waals surface area (Å²) < 4.78 is 27.9. The number of nitrogens with zero attached hydrogens (tertiary/aromatic N) is 2. The van der Waals surface area contributed by atoms with Crippen molar-refractivity contribution >= 4 is 21.8 Å². The lowest BCUT2D eigenvalue weighted by Crippen LogP contribution is -2.12. The van der Waals surface area contributed by atoms with E-state index in [1.165, 1.54) is 12.1 Å². The van der Waals surface area contributed by atoms with Crippen LogP contribution in [0.5, 0.6) is 0 Å². The van der Waals surface area contributed by atoms with Crippen LogP contribution in [0.15, 0.2) is 35.2 Å². The number of benzene rings is 1. The normalized spacial score (nSPS) is 17.6. The van der Waals surface area contributed by atoms with Crippen LogP contribution in [0.3, 0.4) is 0 Å². The van der Waals surface area contributed by atoms with Crippen LogP contribution >= 0.6 is 0 Å². The fourth-order valence-corrected chi connectivity index (χ4v) is 3.25. The van der Waals surface area contributed by atoms with E-state index in [0.717, 1.165) is 24.3 Å². The van der Waals surface area contributed by atoms with Gasteiger partial charge in [-0.15, -0.1) is 0 Å². The second-order valence-corrected chi connectivity index (χ2v) is 7.52. The SMILES string of the molecule is Nc1nc(NCCc2ccc(S(N)(=O)=O)cc2)cc(C2CCOC2)n1. The lowest BCUT2D eigenvalue weighted by atomic mass is 10.0. The van der Waals surface area contributed by atoms with Crippen LogP contribution in [-0.2, 0) is 21.2 Å². The van der Waals surface area contributed by atoms with Gasteiger partial charge in [-0.1, -0.05) is 12.1 Å². The van der Waals surface area contributed by atoms with Gasteiger partial charge in [-0.2, -0.15) is 4.98 Å². The predicted molar refractivity (Wildman–Crippen MR) is 94.6 cm³/mol. The van der Waals surface area contributed by atoms with Crippen molar-refractivity contribution in [2.24, 2.45) is 5.14 Å². The topological polar surface area (TPSA) is 133 Å². The minimum atomic E-state index is -3.66. The smallest absolute Gasteiger partial charge is 0.238 e. The first kappa shape index (κ1) is 17.6. The molecule has 0 amide bonds. The number of aromatic nitrogens is 2. The second-order valence-electron chi connectivity index (χ2n) is 5.96. The Bertz CT molecular complexity index is 833. The molecule has 1 aromatic heterocycles. The highest BCUT2D eigenvalue weighted by molar-refractivity contribution is 7.89. The van der Waals surface area contributed by atoms with E-state index >= 15 is 0 Å².